The average molecular weight is 189 g/mol. The van der Waals surface area contributed by atoms with Crippen molar-refractivity contribution in [3.05, 3.63) is 0 Å². The molecule has 0 aromatic carbocycles. The van der Waals surface area contributed by atoms with Gasteiger partial charge in [-0.05, 0) is 26.3 Å². The maximum atomic E-state index is 5.20. The number of methoxy groups -OCH3 is 1. The maximum absolute atomic E-state index is 5.20. The van der Waals surface area contributed by atoms with Crippen LogP contribution in [0.25, 0.3) is 0 Å². The Labute approximate surface area is 84.1 Å². The van der Waals surface area contributed by atoms with Gasteiger partial charge in [0, 0.05) is 13.2 Å². The summed E-state index contributed by atoms with van der Waals surface area (Å²) in [6.45, 7) is 8.00. The fraction of sp³-hybridized carbons (Fsp3) is 1.00. The van der Waals surface area contributed by atoms with Gasteiger partial charge in [0.1, 0.15) is 0 Å². The van der Waals surface area contributed by atoms with Crippen LogP contribution < -0.4 is 5.32 Å². The van der Waals surface area contributed by atoms with Crippen LogP contribution in [-0.4, -0.2) is 26.3 Å². The first-order valence-corrected chi connectivity index (χ1v) is 5.57. The third-order valence-corrected chi connectivity index (χ3v) is 2.13. The fourth-order valence-electron chi connectivity index (χ4n) is 1.42. The molecule has 2 unspecified atom stereocenters. The van der Waals surface area contributed by atoms with Crippen molar-refractivity contribution in [1.82, 2.24) is 5.32 Å². The Morgan fingerprint density at radius 1 is 1.08 bits per heavy atom. The first kappa shape index (κ1) is 15.4. The molecule has 0 saturated heterocycles. The van der Waals surface area contributed by atoms with Crippen molar-refractivity contribution in [1.29, 1.82) is 0 Å². The molecule has 13 heavy (non-hydrogen) atoms. The normalized spacial score (nSPS) is 25.4. The van der Waals surface area contributed by atoms with E-state index in [1.807, 2.05) is 34.7 Å². The van der Waals surface area contributed by atoms with Crippen LogP contribution >= 0.6 is 0 Å². The Morgan fingerprint density at radius 3 is 1.85 bits per heavy atom. The van der Waals surface area contributed by atoms with Gasteiger partial charge in [-0.15, -0.1) is 0 Å². The first-order valence-electron chi connectivity index (χ1n) is 5.57. The highest BCUT2D eigenvalue weighted by Crippen LogP contribution is 2.20. The van der Waals surface area contributed by atoms with Crippen molar-refractivity contribution in [2.75, 3.05) is 14.2 Å². The molecule has 0 aliphatic heterocycles. The molecular formula is C11H27NO. The van der Waals surface area contributed by atoms with Gasteiger partial charge in [-0.2, -0.15) is 0 Å². The van der Waals surface area contributed by atoms with E-state index in [-0.39, 0.29) is 0 Å². The molecule has 0 aromatic rings. The Morgan fingerprint density at radius 2 is 1.62 bits per heavy atom. The van der Waals surface area contributed by atoms with Crippen molar-refractivity contribution >= 4 is 0 Å². The molecular weight excluding hydrogens is 162 g/mol. The van der Waals surface area contributed by atoms with Gasteiger partial charge < -0.3 is 10.1 Å². The molecule has 0 heterocycles. The van der Waals surface area contributed by atoms with Crippen LogP contribution in [0.5, 0.6) is 0 Å². The molecule has 0 spiro atoms. The number of rotatable bonds is 2. The molecule has 1 aliphatic carbocycles. The van der Waals surface area contributed by atoms with Crippen LogP contribution in [-0.2, 0) is 4.74 Å². The molecule has 0 bridgehead atoms. The summed E-state index contributed by atoms with van der Waals surface area (Å²) in [6.07, 6.45) is 4.20. The highest BCUT2D eigenvalue weighted by molar-refractivity contribution is 4.79. The van der Waals surface area contributed by atoms with Crippen LogP contribution in [0, 0.1) is 0 Å². The van der Waals surface area contributed by atoms with Gasteiger partial charge in [0.2, 0.25) is 0 Å². The monoisotopic (exact) mass is 189 g/mol. The van der Waals surface area contributed by atoms with E-state index in [9.17, 15) is 0 Å². The van der Waals surface area contributed by atoms with Crippen molar-refractivity contribution in [3.63, 3.8) is 0 Å². The SMILES string of the molecule is CC.CC.CNC1CCC(OC)C1. The van der Waals surface area contributed by atoms with Crippen molar-refractivity contribution in [3.8, 4) is 0 Å². The summed E-state index contributed by atoms with van der Waals surface area (Å²) >= 11 is 0. The standard InChI is InChI=1S/C7H15NO.2C2H6/c1-8-6-3-4-7(5-6)9-2;2*1-2/h6-8H,3-5H2,1-2H3;2*1-2H3. The molecule has 1 fully saturated rings. The highest BCUT2D eigenvalue weighted by Gasteiger charge is 2.22. The minimum atomic E-state index is 0.516. The van der Waals surface area contributed by atoms with E-state index in [0.717, 1.165) is 0 Å². The van der Waals surface area contributed by atoms with Crippen molar-refractivity contribution in [2.45, 2.75) is 59.1 Å². The minimum Gasteiger partial charge on any atom is -0.381 e. The maximum Gasteiger partial charge on any atom is 0.0586 e. The van der Waals surface area contributed by atoms with E-state index in [2.05, 4.69) is 5.32 Å². The molecule has 1 aliphatic rings. The average Bonchev–Trinajstić information content (AvgIpc) is 2.71. The van der Waals surface area contributed by atoms with Gasteiger partial charge in [0.25, 0.3) is 0 Å². The zero-order valence-corrected chi connectivity index (χ0v) is 10.2. The zero-order valence-electron chi connectivity index (χ0n) is 10.2. The molecule has 82 valence electrons. The summed E-state index contributed by atoms with van der Waals surface area (Å²) in [6, 6.07) is 0.704. The van der Waals surface area contributed by atoms with Crippen LogP contribution in [0.3, 0.4) is 0 Å². The van der Waals surface area contributed by atoms with Crippen LogP contribution in [0.4, 0.5) is 0 Å². The largest absolute Gasteiger partial charge is 0.381 e. The summed E-state index contributed by atoms with van der Waals surface area (Å²) in [5, 5.41) is 3.25. The lowest BCUT2D eigenvalue weighted by atomic mass is 10.2. The molecule has 1 saturated carbocycles. The second-order valence-corrected chi connectivity index (χ2v) is 2.66. The predicted molar refractivity (Wildman–Crippen MR) is 60.2 cm³/mol. The molecule has 1 N–H and O–H groups in total. The number of nitrogens with one attached hydrogen (secondary N) is 1. The molecule has 0 aromatic heterocycles. The summed E-state index contributed by atoms with van der Waals surface area (Å²) in [7, 11) is 3.81. The topological polar surface area (TPSA) is 21.3 Å². The second-order valence-electron chi connectivity index (χ2n) is 2.66. The van der Waals surface area contributed by atoms with E-state index < -0.39 is 0 Å². The Hall–Kier alpha value is -0.0800. The van der Waals surface area contributed by atoms with Crippen molar-refractivity contribution in [2.24, 2.45) is 0 Å². The Kier molecular flexibility index (Phi) is 14.1. The van der Waals surface area contributed by atoms with Gasteiger partial charge in [0.15, 0.2) is 0 Å². The predicted octanol–water partition coefficient (Wildman–Crippen LogP) is 2.83. The fourth-order valence-corrected chi connectivity index (χ4v) is 1.42. The Balaban J connectivity index is 0. The van der Waals surface area contributed by atoms with Crippen LogP contribution in [0.2, 0.25) is 0 Å². The number of ether oxygens (including phenoxy) is 1. The van der Waals surface area contributed by atoms with E-state index in [1.54, 1.807) is 7.11 Å². The first-order chi connectivity index (χ1) is 6.36. The summed E-state index contributed by atoms with van der Waals surface area (Å²) in [4.78, 5) is 0. The molecule has 2 atom stereocenters. The lowest BCUT2D eigenvalue weighted by Crippen LogP contribution is -2.22. The van der Waals surface area contributed by atoms with E-state index in [0.29, 0.717) is 12.1 Å². The third kappa shape index (κ3) is 7.03. The zero-order chi connectivity index (χ0) is 10.7. The van der Waals surface area contributed by atoms with Gasteiger partial charge in [-0.1, -0.05) is 27.7 Å². The van der Waals surface area contributed by atoms with Gasteiger partial charge in [0.05, 0.1) is 6.10 Å². The van der Waals surface area contributed by atoms with E-state index in [1.165, 1.54) is 19.3 Å². The van der Waals surface area contributed by atoms with E-state index >= 15 is 0 Å². The molecule has 0 radical (unpaired) electrons. The molecule has 2 nitrogen and oxygen atoms in total. The minimum absolute atomic E-state index is 0.516. The van der Waals surface area contributed by atoms with Crippen LogP contribution in [0.1, 0.15) is 47.0 Å². The van der Waals surface area contributed by atoms with Crippen LogP contribution in [0.15, 0.2) is 0 Å². The molecule has 1 rings (SSSR count). The quantitative estimate of drug-likeness (QED) is 0.721. The third-order valence-electron chi connectivity index (χ3n) is 2.13. The molecule has 0 amide bonds. The van der Waals surface area contributed by atoms with Gasteiger partial charge in [-0.3, -0.25) is 0 Å². The lowest BCUT2D eigenvalue weighted by molar-refractivity contribution is 0.107. The summed E-state index contributed by atoms with van der Waals surface area (Å²) < 4.78 is 5.20. The van der Waals surface area contributed by atoms with Crippen molar-refractivity contribution < 1.29 is 4.74 Å². The van der Waals surface area contributed by atoms with E-state index in [4.69, 9.17) is 4.74 Å². The Bertz CT molecular complexity index is 76.2. The highest BCUT2D eigenvalue weighted by atomic mass is 16.5. The second kappa shape index (κ2) is 11.9. The lowest BCUT2D eigenvalue weighted by Gasteiger charge is -2.07. The van der Waals surface area contributed by atoms with Gasteiger partial charge in [-0.25, -0.2) is 0 Å². The van der Waals surface area contributed by atoms with Gasteiger partial charge >= 0.3 is 0 Å². The number of hydrogen-bond acceptors (Lipinski definition) is 2. The summed E-state index contributed by atoms with van der Waals surface area (Å²) in [5.41, 5.74) is 0. The summed E-state index contributed by atoms with van der Waals surface area (Å²) in [5.74, 6) is 0. The smallest absolute Gasteiger partial charge is 0.0586 e. The molecule has 2 heteroatoms. The number of hydrogen-bond donors (Lipinski definition) is 1.